The summed E-state index contributed by atoms with van der Waals surface area (Å²) in [7, 11) is 3.23. The number of hydrogen-bond donors (Lipinski definition) is 2. The lowest BCUT2D eigenvalue weighted by atomic mass is 10.1. The molecule has 0 bridgehead atoms. The molecule has 0 radical (unpaired) electrons. The van der Waals surface area contributed by atoms with Crippen molar-refractivity contribution < 1.29 is 14.3 Å². The summed E-state index contributed by atoms with van der Waals surface area (Å²) in [5.74, 6) is 1.51. The Morgan fingerprint density at radius 2 is 1.96 bits per heavy atom. The van der Waals surface area contributed by atoms with Crippen LogP contribution in [0.1, 0.15) is 18.4 Å². The van der Waals surface area contributed by atoms with Crippen LogP contribution < -0.4 is 20.1 Å². The second-order valence-corrected chi connectivity index (χ2v) is 5.98. The van der Waals surface area contributed by atoms with Crippen LogP contribution in [0, 0.1) is 0 Å². The number of ether oxygens (including phenoxy) is 2. The van der Waals surface area contributed by atoms with Gasteiger partial charge in [-0.3, -0.25) is 4.79 Å². The van der Waals surface area contributed by atoms with Crippen LogP contribution in [-0.2, 0) is 11.2 Å². The average molecular weight is 335 g/mol. The molecule has 6 nitrogen and oxygen atoms in total. The minimum atomic E-state index is 0.102. The van der Waals surface area contributed by atoms with Crippen LogP contribution in [0.4, 0.5) is 0 Å². The minimum absolute atomic E-state index is 0.102. The molecule has 1 fully saturated rings. The Morgan fingerprint density at radius 1 is 1.21 bits per heavy atom. The summed E-state index contributed by atoms with van der Waals surface area (Å²) in [4.78, 5) is 14.4. The number of nitrogens with zero attached hydrogens (tertiary/aromatic N) is 1. The first-order valence-electron chi connectivity index (χ1n) is 8.63. The van der Waals surface area contributed by atoms with Gasteiger partial charge < -0.3 is 25.0 Å². The summed E-state index contributed by atoms with van der Waals surface area (Å²) < 4.78 is 10.5. The SMILES string of the molecule is COc1ccc(CCC(=O)NCCCN2CCNCC2)cc1OC. The highest BCUT2D eigenvalue weighted by atomic mass is 16.5. The van der Waals surface area contributed by atoms with E-state index in [9.17, 15) is 4.79 Å². The van der Waals surface area contributed by atoms with E-state index in [0.717, 1.165) is 51.3 Å². The predicted molar refractivity (Wildman–Crippen MR) is 94.8 cm³/mol. The molecule has 2 N–H and O–H groups in total. The molecule has 0 aromatic heterocycles. The quantitative estimate of drug-likeness (QED) is 0.661. The van der Waals surface area contributed by atoms with Crippen LogP contribution in [0.25, 0.3) is 0 Å². The number of amides is 1. The van der Waals surface area contributed by atoms with Crippen molar-refractivity contribution in [3.63, 3.8) is 0 Å². The maximum Gasteiger partial charge on any atom is 0.220 e. The van der Waals surface area contributed by atoms with E-state index in [1.54, 1.807) is 14.2 Å². The van der Waals surface area contributed by atoms with Crippen LogP contribution >= 0.6 is 0 Å². The molecule has 24 heavy (non-hydrogen) atoms. The lowest BCUT2D eigenvalue weighted by Crippen LogP contribution is -2.44. The van der Waals surface area contributed by atoms with Gasteiger partial charge in [0.25, 0.3) is 0 Å². The summed E-state index contributed by atoms with van der Waals surface area (Å²) >= 11 is 0. The molecule has 1 aliphatic heterocycles. The molecule has 1 heterocycles. The predicted octanol–water partition coefficient (Wildman–Crippen LogP) is 1.05. The first kappa shape index (κ1) is 18.5. The summed E-state index contributed by atoms with van der Waals surface area (Å²) in [6.07, 6.45) is 2.19. The van der Waals surface area contributed by atoms with Crippen molar-refractivity contribution in [2.45, 2.75) is 19.3 Å². The van der Waals surface area contributed by atoms with E-state index in [1.807, 2.05) is 18.2 Å². The van der Waals surface area contributed by atoms with Crippen molar-refractivity contribution in [2.75, 3.05) is 53.5 Å². The molecule has 2 rings (SSSR count). The number of carbonyl (C=O) groups excluding carboxylic acids is 1. The second-order valence-electron chi connectivity index (χ2n) is 5.98. The third-order valence-corrected chi connectivity index (χ3v) is 4.27. The van der Waals surface area contributed by atoms with E-state index in [2.05, 4.69) is 15.5 Å². The zero-order chi connectivity index (χ0) is 17.2. The van der Waals surface area contributed by atoms with E-state index in [4.69, 9.17) is 9.47 Å². The monoisotopic (exact) mass is 335 g/mol. The molecule has 6 heteroatoms. The van der Waals surface area contributed by atoms with E-state index >= 15 is 0 Å². The van der Waals surface area contributed by atoms with Crippen LogP contribution in [0.3, 0.4) is 0 Å². The fraction of sp³-hybridized carbons (Fsp3) is 0.611. The number of carbonyl (C=O) groups is 1. The lowest BCUT2D eigenvalue weighted by molar-refractivity contribution is -0.121. The van der Waals surface area contributed by atoms with Crippen LogP contribution in [-0.4, -0.2) is 64.3 Å². The second kappa shape index (κ2) is 10.2. The maximum atomic E-state index is 12.0. The fourth-order valence-electron chi connectivity index (χ4n) is 2.85. The van der Waals surface area contributed by atoms with Crippen molar-refractivity contribution >= 4 is 5.91 Å². The molecule has 1 aromatic carbocycles. The van der Waals surface area contributed by atoms with Crippen LogP contribution in [0.5, 0.6) is 11.5 Å². The van der Waals surface area contributed by atoms with Crippen LogP contribution in [0.2, 0.25) is 0 Å². The van der Waals surface area contributed by atoms with Gasteiger partial charge in [0.1, 0.15) is 0 Å². The highest BCUT2D eigenvalue weighted by Gasteiger charge is 2.09. The van der Waals surface area contributed by atoms with E-state index in [0.29, 0.717) is 24.3 Å². The Balaban J connectivity index is 1.63. The number of nitrogens with one attached hydrogen (secondary N) is 2. The van der Waals surface area contributed by atoms with Crippen molar-refractivity contribution in [2.24, 2.45) is 0 Å². The Labute approximate surface area is 144 Å². The van der Waals surface area contributed by atoms with Gasteiger partial charge in [0.2, 0.25) is 5.91 Å². The van der Waals surface area contributed by atoms with Crippen molar-refractivity contribution in [3.8, 4) is 11.5 Å². The van der Waals surface area contributed by atoms with Gasteiger partial charge in [-0.15, -0.1) is 0 Å². The van der Waals surface area contributed by atoms with Gasteiger partial charge in [-0.25, -0.2) is 0 Å². The van der Waals surface area contributed by atoms with Gasteiger partial charge in [-0.1, -0.05) is 6.07 Å². The van der Waals surface area contributed by atoms with Crippen LogP contribution in [0.15, 0.2) is 18.2 Å². The largest absolute Gasteiger partial charge is 0.493 e. The summed E-state index contributed by atoms with van der Waals surface area (Å²) in [6.45, 7) is 6.14. The highest BCUT2D eigenvalue weighted by molar-refractivity contribution is 5.76. The third kappa shape index (κ3) is 6.02. The van der Waals surface area contributed by atoms with Crippen molar-refractivity contribution in [1.82, 2.24) is 15.5 Å². The average Bonchev–Trinajstić information content (AvgIpc) is 2.64. The van der Waals surface area contributed by atoms with Gasteiger partial charge >= 0.3 is 0 Å². The first-order valence-corrected chi connectivity index (χ1v) is 8.63. The molecule has 0 unspecified atom stereocenters. The van der Waals surface area contributed by atoms with Gasteiger partial charge in [0, 0.05) is 39.1 Å². The number of aryl methyl sites for hydroxylation is 1. The fourth-order valence-corrected chi connectivity index (χ4v) is 2.85. The number of piperazine rings is 1. The zero-order valence-electron chi connectivity index (χ0n) is 14.8. The maximum absolute atomic E-state index is 12.0. The molecular formula is C18H29N3O3. The van der Waals surface area contributed by atoms with Gasteiger partial charge in [0.05, 0.1) is 14.2 Å². The third-order valence-electron chi connectivity index (χ3n) is 4.27. The molecule has 0 aliphatic carbocycles. The topological polar surface area (TPSA) is 62.8 Å². The molecule has 0 saturated carbocycles. The zero-order valence-corrected chi connectivity index (χ0v) is 14.8. The van der Waals surface area contributed by atoms with Gasteiger partial charge in [-0.05, 0) is 37.1 Å². The molecule has 1 aromatic rings. The minimum Gasteiger partial charge on any atom is -0.493 e. The van der Waals surface area contributed by atoms with E-state index < -0.39 is 0 Å². The lowest BCUT2D eigenvalue weighted by Gasteiger charge is -2.27. The number of methoxy groups -OCH3 is 2. The van der Waals surface area contributed by atoms with E-state index in [1.165, 1.54) is 0 Å². The molecule has 1 saturated heterocycles. The van der Waals surface area contributed by atoms with Gasteiger partial charge in [-0.2, -0.15) is 0 Å². The smallest absolute Gasteiger partial charge is 0.220 e. The number of benzene rings is 1. The van der Waals surface area contributed by atoms with Gasteiger partial charge in [0.15, 0.2) is 11.5 Å². The molecular weight excluding hydrogens is 306 g/mol. The molecule has 134 valence electrons. The van der Waals surface area contributed by atoms with Crippen molar-refractivity contribution in [1.29, 1.82) is 0 Å². The molecule has 1 aliphatic rings. The number of rotatable bonds is 9. The Bertz CT molecular complexity index is 516. The summed E-state index contributed by atoms with van der Waals surface area (Å²) in [5, 5.41) is 6.35. The Hall–Kier alpha value is -1.79. The first-order chi connectivity index (χ1) is 11.7. The Morgan fingerprint density at radius 3 is 2.67 bits per heavy atom. The summed E-state index contributed by atoms with van der Waals surface area (Å²) in [5.41, 5.74) is 1.07. The number of hydrogen-bond acceptors (Lipinski definition) is 5. The van der Waals surface area contributed by atoms with E-state index in [-0.39, 0.29) is 5.91 Å². The molecule has 1 amide bonds. The van der Waals surface area contributed by atoms with Crippen molar-refractivity contribution in [3.05, 3.63) is 23.8 Å². The Kier molecular flexibility index (Phi) is 7.85. The molecule has 0 atom stereocenters. The summed E-state index contributed by atoms with van der Waals surface area (Å²) in [6, 6.07) is 5.77. The highest BCUT2D eigenvalue weighted by Crippen LogP contribution is 2.27. The normalized spacial score (nSPS) is 15.1. The molecule has 0 spiro atoms. The standard InChI is InChI=1S/C18H29N3O3/c1-23-16-6-4-15(14-17(16)24-2)5-7-18(22)20-8-3-11-21-12-9-19-10-13-21/h4,6,14,19H,3,5,7-13H2,1-2H3,(H,20,22).